The second-order valence-corrected chi connectivity index (χ2v) is 6.40. The van der Waals surface area contributed by atoms with Gasteiger partial charge >= 0.3 is 0 Å². The number of nitrogens with one attached hydrogen (secondary N) is 1. The van der Waals surface area contributed by atoms with E-state index in [0.29, 0.717) is 5.69 Å². The van der Waals surface area contributed by atoms with Gasteiger partial charge in [0.25, 0.3) is 5.69 Å². The molecule has 1 amide bonds. The van der Waals surface area contributed by atoms with E-state index in [9.17, 15) is 14.9 Å². The Hall–Kier alpha value is -1.86. The number of hydrogen-bond donors (Lipinski definition) is 1. The van der Waals surface area contributed by atoms with Crippen molar-refractivity contribution in [2.75, 3.05) is 11.1 Å². The van der Waals surface area contributed by atoms with Crippen molar-refractivity contribution in [3.05, 3.63) is 62.6 Å². The fourth-order valence-electron chi connectivity index (χ4n) is 1.75. The van der Waals surface area contributed by atoms with Gasteiger partial charge in [-0.15, -0.1) is 11.8 Å². The van der Waals surface area contributed by atoms with Gasteiger partial charge in [-0.1, -0.05) is 18.2 Å². The Morgan fingerprint density at radius 3 is 2.73 bits per heavy atom. The van der Waals surface area contributed by atoms with Gasteiger partial charge in [0.05, 0.1) is 16.4 Å². The standard InChI is InChI=1S/C15H13BrN2O3S/c1-10-6-7-11(18(20)21)8-13(10)17-15(19)9-22-14-5-3-2-4-12(14)16/h2-8H,9H2,1H3,(H,17,19). The number of amides is 1. The lowest BCUT2D eigenvalue weighted by Gasteiger charge is -2.08. The van der Waals surface area contributed by atoms with Crippen LogP contribution in [-0.2, 0) is 4.79 Å². The zero-order chi connectivity index (χ0) is 16.1. The first-order chi connectivity index (χ1) is 10.5. The summed E-state index contributed by atoms with van der Waals surface area (Å²) in [6, 6.07) is 12.0. The summed E-state index contributed by atoms with van der Waals surface area (Å²) in [5.74, 6) is 0.0226. The number of thioether (sulfide) groups is 1. The van der Waals surface area contributed by atoms with E-state index in [1.54, 1.807) is 13.0 Å². The Morgan fingerprint density at radius 2 is 2.05 bits per heavy atom. The smallest absolute Gasteiger partial charge is 0.271 e. The number of rotatable bonds is 5. The maximum atomic E-state index is 12.0. The van der Waals surface area contributed by atoms with Crippen LogP contribution in [0.1, 0.15) is 5.56 Å². The number of nitro groups is 1. The fourth-order valence-corrected chi connectivity index (χ4v) is 3.12. The van der Waals surface area contributed by atoms with E-state index in [-0.39, 0.29) is 17.3 Å². The lowest BCUT2D eigenvalue weighted by molar-refractivity contribution is -0.384. The molecule has 0 saturated heterocycles. The Bertz CT molecular complexity index is 722. The van der Waals surface area contributed by atoms with Crippen LogP contribution in [0.25, 0.3) is 0 Å². The molecule has 0 bridgehead atoms. The largest absolute Gasteiger partial charge is 0.325 e. The SMILES string of the molecule is Cc1ccc([N+](=O)[O-])cc1NC(=O)CSc1ccccc1Br. The molecule has 0 fully saturated rings. The van der Waals surface area contributed by atoms with E-state index in [0.717, 1.165) is 14.9 Å². The van der Waals surface area contributed by atoms with Gasteiger partial charge in [-0.25, -0.2) is 0 Å². The van der Waals surface area contributed by atoms with Crippen molar-refractivity contribution < 1.29 is 9.72 Å². The third-order valence-electron chi connectivity index (χ3n) is 2.90. The van der Waals surface area contributed by atoms with E-state index >= 15 is 0 Å². The maximum absolute atomic E-state index is 12.0. The van der Waals surface area contributed by atoms with Gasteiger partial charge in [-0.2, -0.15) is 0 Å². The molecular formula is C15H13BrN2O3S. The molecule has 0 aromatic heterocycles. The number of non-ortho nitro benzene ring substituents is 1. The highest BCUT2D eigenvalue weighted by Crippen LogP contribution is 2.27. The minimum Gasteiger partial charge on any atom is -0.325 e. The Morgan fingerprint density at radius 1 is 1.32 bits per heavy atom. The number of hydrogen-bond acceptors (Lipinski definition) is 4. The average molecular weight is 381 g/mol. The maximum Gasteiger partial charge on any atom is 0.271 e. The zero-order valence-corrected chi connectivity index (χ0v) is 14.1. The number of nitro benzene ring substituents is 1. The first-order valence-corrected chi connectivity index (χ1v) is 8.17. The average Bonchev–Trinajstić information content (AvgIpc) is 2.48. The van der Waals surface area contributed by atoms with E-state index < -0.39 is 4.92 Å². The summed E-state index contributed by atoms with van der Waals surface area (Å²) in [5.41, 5.74) is 1.20. The fraction of sp³-hybridized carbons (Fsp3) is 0.133. The van der Waals surface area contributed by atoms with Crippen LogP contribution in [0.15, 0.2) is 51.8 Å². The van der Waals surface area contributed by atoms with Gasteiger partial charge in [0.1, 0.15) is 0 Å². The number of nitrogens with zero attached hydrogens (tertiary/aromatic N) is 1. The van der Waals surface area contributed by atoms with Gasteiger partial charge in [0.2, 0.25) is 5.91 Å². The molecule has 1 N–H and O–H groups in total. The Balaban J connectivity index is 2.02. The van der Waals surface area contributed by atoms with Crippen LogP contribution in [-0.4, -0.2) is 16.6 Å². The lowest BCUT2D eigenvalue weighted by Crippen LogP contribution is -2.15. The van der Waals surface area contributed by atoms with Crippen LogP contribution in [0.2, 0.25) is 0 Å². The highest BCUT2D eigenvalue weighted by atomic mass is 79.9. The molecule has 2 aromatic rings. The zero-order valence-electron chi connectivity index (χ0n) is 11.7. The predicted octanol–water partition coefficient (Wildman–Crippen LogP) is 4.40. The molecule has 0 spiro atoms. The van der Waals surface area contributed by atoms with Crippen molar-refractivity contribution in [3.8, 4) is 0 Å². The molecule has 0 aliphatic rings. The minimum atomic E-state index is -0.481. The number of halogens is 1. The summed E-state index contributed by atoms with van der Waals surface area (Å²) in [6.07, 6.45) is 0. The predicted molar refractivity (Wildman–Crippen MR) is 91.3 cm³/mol. The summed E-state index contributed by atoms with van der Waals surface area (Å²) in [5, 5.41) is 13.5. The highest BCUT2D eigenvalue weighted by Gasteiger charge is 2.11. The number of anilines is 1. The molecule has 0 unspecified atom stereocenters. The second-order valence-electron chi connectivity index (χ2n) is 4.52. The van der Waals surface area contributed by atoms with Crippen LogP contribution in [0.4, 0.5) is 11.4 Å². The molecule has 7 heteroatoms. The van der Waals surface area contributed by atoms with Gasteiger partial charge in [0.15, 0.2) is 0 Å². The normalized spacial score (nSPS) is 10.3. The quantitative estimate of drug-likeness (QED) is 0.474. The van der Waals surface area contributed by atoms with Gasteiger partial charge in [-0.05, 0) is 40.5 Å². The van der Waals surface area contributed by atoms with Crippen LogP contribution in [0, 0.1) is 17.0 Å². The van der Waals surface area contributed by atoms with Crippen molar-refractivity contribution in [3.63, 3.8) is 0 Å². The first kappa shape index (κ1) is 16.5. The van der Waals surface area contributed by atoms with Crippen molar-refractivity contribution >= 4 is 45.0 Å². The van der Waals surface area contributed by atoms with Crippen LogP contribution >= 0.6 is 27.7 Å². The summed E-state index contributed by atoms with van der Waals surface area (Å²) in [6.45, 7) is 1.79. The van der Waals surface area contributed by atoms with Crippen LogP contribution < -0.4 is 5.32 Å². The molecule has 0 atom stereocenters. The van der Waals surface area contributed by atoms with Crippen LogP contribution in [0.3, 0.4) is 0 Å². The molecule has 114 valence electrons. The molecule has 2 aromatic carbocycles. The number of aryl methyl sites for hydroxylation is 1. The van der Waals surface area contributed by atoms with Crippen molar-refractivity contribution in [1.82, 2.24) is 0 Å². The number of benzene rings is 2. The van der Waals surface area contributed by atoms with Crippen LogP contribution in [0.5, 0.6) is 0 Å². The monoisotopic (exact) mass is 380 g/mol. The molecule has 0 radical (unpaired) electrons. The van der Waals surface area contributed by atoms with E-state index in [1.165, 1.54) is 23.9 Å². The summed E-state index contributed by atoms with van der Waals surface area (Å²) in [7, 11) is 0. The Labute approximate surface area is 140 Å². The number of carbonyl (C=O) groups is 1. The molecule has 0 aliphatic carbocycles. The summed E-state index contributed by atoms with van der Waals surface area (Å²) in [4.78, 5) is 23.3. The highest BCUT2D eigenvalue weighted by molar-refractivity contribution is 9.10. The summed E-state index contributed by atoms with van der Waals surface area (Å²) >= 11 is 4.82. The lowest BCUT2D eigenvalue weighted by atomic mass is 10.2. The Kier molecular flexibility index (Phi) is 5.57. The molecule has 22 heavy (non-hydrogen) atoms. The molecule has 5 nitrogen and oxygen atoms in total. The third-order valence-corrected chi connectivity index (χ3v) is 4.93. The molecule has 0 heterocycles. The van der Waals surface area contributed by atoms with Crippen molar-refractivity contribution in [2.24, 2.45) is 0 Å². The van der Waals surface area contributed by atoms with Gasteiger partial charge < -0.3 is 5.32 Å². The van der Waals surface area contributed by atoms with Crippen molar-refractivity contribution in [1.29, 1.82) is 0 Å². The van der Waals surface area contributed by atoms with E-state index in [1.807, 2.05) is 24.3 Å². The molecule has 0 saturated carbocycles. The second kappa shape index (κ2) is 7.42. The summed E-state index contributed by atoms with van der Waals surface area (Å²) < 4.78 is 0.930. The van der Waals surface area contributed by atoms with Crippen molar-refractivity contribution in [2.45, 2.75) is 11.8 Å². The van der Waals surface area contributed by atoms with Gasteiger partial charge in [0, 0.05) is 21.5 Å². The minimum absolute atomic E-state index is 0.0423. The first-order valence-electron chi connectivity index (χ1n) is 6.39. The topological polar surface area (TPSA) is 72.2 Å². The molecular weight excluding hydrogens is 368 g/mol. The molecule has 0 aliphatic heterocycles. The van der Waals surface area contributed by atoms with E-state index in [4.69, 9.17) is 0 Å². The third kappa shape index (κ3) is 4.32. The number of carbonyl (C=O) groups excluding carboxylic acids is 1. The molecule has 2 rings (SSSR count). The van der Waals surface area contributed by atoms with Gasteiger partial charge in [-0.3, -0.25) is 14.9 Å². The van der Waals surface area contributed by atoms with E-state index in [2.05, 4.69) is 21.2 Å².